The van der Waals surface area contributed by atoms with Crippen LogP contribution < -0.4 is 5.32 Å². The number of aliphatic carboxylic acids is 1. The van der Waals surface area contributed by atoms with Crippen LogP contribution in [0.3, 0.4) is 0 Å². The van der Waals surface area contributed by atoms with Gasteiger partial charge in [-0.05, 0) is 43.2 Å². The molecule has 2 aliphatic heterocycles. The van der Waals surface area contributed by atoms with Crippen LogP contribution in [0.1, 0.15) is 43.2 Å². The Morgan fingerprint density at radius 1 is 1.34 bits per heavy atom. The average Bonchev–Trinajstić information content (AvgIpc) is 3.46. The molecule has 3 aliphatic rings. The van der Waals surface area contributed by atoms with E-state index in [2.05, 4.69) is 17.0 Å². The van der Waals surface area contributed by atoms with E-state index in [0.29, 0.717) is 53.9 Å². The third-order valence-corrected chi connectivity index (χ3v) is 6.97. The summed E-state index contributed by atoms with van der Waals surface area (Å²) >= 11 is 13.0. The first-order chi connectivity index (χ1) is 16.9. The zero-order valence-electron chi connectivity index (χ0n) is 19.2. The first-order valence-corrected chi connectivity index (χ1v) is 12.3. The molecule has 35 heavy (non-hydrogen) atoms. The molecule has 0 amide bonds. The molecule has 0 spiro atoms. The van der Waals surface area contributed by atoms with E-state index in [1.165, 1.54) is 0 Å². The van der Waals surface area contributed by atoms with Gasteiger partial charge in [0.15, 0.2) is 0 Å². The molecule has 1 fully saturated rings. The minimum absolute atomic E-state index is 0.0350. The Hall–Kier alpha value is -2.58. The number of hydrogen-bond acceptors (Lipinski definition) is 6. The Bertz CT molecular complexity index is 1110. The molecule has 1 aromatic rings. The van der Waals surface area contributed by atoms with Crippen LogP contribution in [0.25, 0.3) is 11.3 Å². The molecule has 9 heteroatoms. The summed E-state index contributed by atoms with van der Waals surface area (Å²) in [4.78, 5) is 15.3. The van der Waals surface area contributed by atoms with Crippen molar-refractivity contribution in [1.82, 2.24) is 5.32 Å². The highest BCUT2D eigenvalue weighted by Crippen LogP contribution is 2.34. The fraction of sp³-hybridized carbons (Fsp3) is 0.385. The second-order valence-electron chi connectivity index (χ2n) is 8.79. The normalized spacial score (nSPS) is 26.3. The summed E-state index contributed by atoms with van der Waals surface area (Å²) in [6.07, 6.45) is 6.37. The number of nitrogens with one attached hydrogen (secondary N) is 1. The van der Waals surface area contributed by atoms with E-state index in [1.807, 2.05) is 30.3 Å². The summed E-state index contributed by atoms with van der Waals surface area (Å²) in [5.74, 6) is -0.564. The predicted molar refractivity (Wildman–Crippen MR) is 137 cm³/mol. The number of aliphatic hydroxyl groups excluding tert-OH is 1. The van der Waals surface area contributed by atoms with Gasteiger partial charge in [0.05, 0.1) is 41.0 Å². The van der Waals surface area contributed by atoms with Gasteiger partial charge in [-0.15, -0.1) is 0 Å². The summed E-state index contributed by atoms with van der Waals surface area (Å²) in [6.45, 7) is 4.04. The molecule has 4 rings (SSSR count). The highest BCUT2D eigenvalue weighted by atomic mass is 35.5. The van der Waals surface area contributed by atoms with Crippen LogP contribution >= 0.6 is 23.2 Å². The van der Waals surface area contributed by atoms with Crippen LogP contribution in [-0.4, -0.2) is 48.3 Å². The summed E-state index contributed by atoms with van der Waals surface area (Å²) < 4.78 is 11.4. The van der Waals surface area contributed by atoms with Crippen molar-refractivity contribution in [3.63, 3.8) is 0 Å². The third kappa shape index (κ3) is 6.16. The van der Waals surface area contributed by atoms with Crippen molar-refractivity contribution in [3.8, 4) is 0 Å². The lowest BCUT2D eigenvalue weighted by atomic mass is 9.86. The van der Waals surface area contributed by atoms with Crippen molar-refractivity contribution in [2.75, 3.05) is 13.2 Å². The van der Waals surface area contributed by atoms with Gasteiger partial charge in [0.2, 0.25) is 5.88 Å². The number of carboxylic acids is 1. The maximum absolute atomic E-state index is 11.2. The van der Waals surface area contributed by atoms with E-state index in [9.17, 15) is 15.0 Å². The number of halogens is 2. The fourth-order valence-electron chi connectivity index (χ4n) is 4.42. The molecular formula is C26H28Cl2N2O5. The third-order valence-electron chi connectivity index (χ3n) is 6.37. The topological polar surface area (TPSA) is 100 Å². The predicted octanol–water partition coefficient (Wildman–Crippen LogP) is 5.01. The zero-order valence-corrected chi connectivity index (χ0v) is 20.7. The SMILES string of the molecule is C=N/C(=C(Cl)\C=C1/CC(Cl)=C(O[C@@H]2CO[C@H](CO)C2)N1)c1ccc(C2=CCC(C(=O)O)CC2)cc1. The van der Waals surface area contributed by atoms with Gasteiger partial charge < -0.3 is 25.0 Å². The van der Waals surface area contributed by atoms with Gasteiger partial charge in [-0.25, -0.2) is 0 Å². The van der Waals surface area contributed by atoms with E-state index in [0.717, 1.165) is 28.8 Å². The maximum atomic E-state index is 11.2. The van der Waals surface area contributed by atoms with Gasteiger partial charge in [-0.2, -0.15) is 0 Å². The van der Waals surface area contributed by atoms with Gasteiger partial charge in [-0.3, -0.25) is 9.79 Å². The zero-order chi connectivity index (χ0) is 24.9. The van der Waals surface area contributed by atoms with Gasteiger partial charge in [0.25, 0.3) is 0 Å². The molecular weight excluding hydrogens is 491 g/mol. The lowest BCUT2D eigenvalue weighted by Gasteiger charge is -2.19. The van der Waals surface area contributed by atoms with Gasteiger partial charge in [-0.1, -0.05) is 53.5 Å². The maximum Gasteiger partial charge on any atom is 0.306 e. The van der Waals surface area contributed by atoms with E-state index in [-0.39, 0.29) is 24.7 Å². The number of carboxylic acid groups (broad SMARTS) is 1. The number of aliphatic hydroxyl groups is 1. The molecule has 1 unspecified atom stereocenters. The number of nitrogens with zero attached hydrogens (tertiary/aromatic N) is 1. The molecule has 0 saturated carbocycles. The number of benzene rings is 1. The van der Waals surface area contributed by atoms with E-state index >= 15 is 0 Å². The van der Waals surface area contributed by atoms with Crippen LogP contribution in [0.15, 0.2) is 63.1 Å². The molecule has 0 aromatic heterocycles. The largest absolute Gasteiger partial charge is 0.481 e. The quantitative estimate of drug-likeness (QED) is 0.418. The van der Waals surface area contributed by atoms with Crippen molar-refractivity contribution in [1.29, 1.82) is 0 Å². The van der Waals surface area contributed by atoms with Gasteiger partial charge in [0, 0.05) is 24.1 Å². The Balaban J connectivity index is 1.43. The smallest absolute Gasteiger partial charge is 0.306 e. The summed E-state index contributed by atoms with van der Waals surface area (Å²) in [5.41, 5.74) is 4.34. The molecule has 1 aromatic carbocycles. The van der Waals surface area contributed by atoms with Crippen LogP contribution in [0, 0.1) is 5.92 Å². The van der Waals surface area contributed by atoms with E-state index in [4.69, 9.17) is 32.7 Å². The van der Waals surface area contributed by atoms with Crippen LogP contribution in [-0.2, 0) is 14.3 Å². The molecule has 1 aliphatic carbocycles. The summed E-state index contributed by atoms with van der Waals surface area (Å²) in [5, 5.41) is 22.5. The first kappa shape index (κ1) is 25.5. The standard InChI is InChI=1S/C26H28Cl2N2O5/c1-29-24(17-6-2-15(3-7-17)16-4-8-18(9-5-16)26(32)33)22(27)10-19-11-23(28)25(30-19)35-21-12-20(13-31)34-14-21/h2-4,6-7,10,18,20-21,30-31H,1,5,8-9,11-14H2,(H,32,33)/b19-10+,24-22+/t18?,20-,21-/m0/s1. The Kier molecular flexibility index (Phi) is 8.34. The van der Waals surface area contributed by atoms with Gasteiger partial charge in [0.1, 0.15) is 6.10 Å². The minimum atomic E-state index is -0.735. The van der Waals surface area contributed by atoms with E-state index in [1.54, 1.807) is 6.08 Å². The second-order valence-corrected chi connectivity index (χ2v) is 9.65. The van der Waals surface area contributed by atoms with Crippen LogP contribution in [0.4, 0.5) is 0 Å². The monoisotopic (exact) mass is 518 g/mol. The second kappa shape index (κ2) is 11.4. The Labute approximate surface area is 214 Å². The molecule has 186 valence electrons. The number of hydrogen-bond donors (Lipinski definition) is 3. The molecule has 3 atom stereocenters. The van der Waals surface area contributed by atoms with Crippen molar-refractivity contribution in [3.05, 3.63) is 69.2 Å². The van der Waals surface area contributed by atoms with Crippen molar-refractivity contribution < 1.29 is 24.5 Å². The molecule has 1 saturated heterocycles. The molecule has 2 heterocycles. The highest BCUT2D eigenvalue weighted by molar-refractivity contribution is 6.34. The molecule has 0 radical (unpaired) electrons. The number of carbonyl (C=O) groups is 1. The molecule has 0 bridgehead atoms. The van der Waals surface area contributed by atoms with Crippen LogP contribution in [0.5, 0.6) is 0 Å². The molecule has 7 nitrogen and oxygen atoms in total. The van der Waals surface area contributed by atoms with Crippen molar-refractivity contribution in [2.45, 2.75) is 44.3 Å². The Morgan fingerprint density at radius 3 is 2.71 bits per heavy atom. The average molecular weight is 519 g/mol. The van der Waals surface area contributed by atoms with Crippen molar-refractivity contribution in [2.24, 2.45) is 10.9 Å². The summed E-state index contributed by atoms with van der Waals surface area (Å²) in [7, 11) is 0. The number of allylic oxidation sites excluding steroid dienone is 5. The number of rotatable bonds is 8. The lowest BCUT2D eigenvalue weighted by Crippen LogP contribution is -2.19. The van der Waals surface area contributed by atoms with Gasteiger partial charge >= 0.3 is 5.97 Å². The van der Waals surface area contributed by atoms with E-state index < -0.39 is 5.97 Å². The highest BCUT2D eigenvalue weighted by Gasteiger charge is 2.29. The fourth-order valence-corrected chi connectivity index (χ4v) is 4.96. The first-order valence-electron chi connectivity index (χ1n) is 11.5. The van der Waals surface area contributed by atoms with Crippen molar-refractivity contribution >= 4 is 47.2 Å². The number of ether oxygens (including phenoxy) is 2. The number of aliphatic imine (C=N–C) groups is 1. The lowest BCUT2D eigenvalue weighted by molar-refractivity contribution is -0.141. The minimum Gasteiger partial charge on any atom is -0.481 e. The Morgan fingerprint density at radius 2 is 2.11 bits per heavy atom. The molecule has 3 N–H and O–H groups in total. The van der Waals surface area contributed by atoms with Crippen LogP contribution in [0.2, 0.25) is 0 Å². The summed E-state index contributed by atoms with van der Waals surface area (Å²) in [6, 6.07) is 7.85.